The van der Waals surface area contributed by atoms with E-state index in [1.165, 1.54) is 141 Å². The lowest BCUT2D eigenvalue weighted by atomic mass is 10.0. The van der Waals surface area contributed by atoms with E-state index in [-0.39, 0.29) is 36.2 Å². The highest BCUT2D eigenvalue weighted by atomic mass is 16.6. The molecule has 0 spiro atoms. The average molecular weight is 875 g/mol. The molecule has 0 amide bonds. The molecule has 8 nitrogen and oxygen atoms in total. The number of carboxylic acid groups (broad SMARTS) is 1. The molecule has 2 atom stereocenters. The van der Waals surface area contributed by atoms with Crippen LogP contribution >= 0.6 is 0 Å². The van der Waals surface area contributed by atoms with Crippen molar-refractivity contribution in [1.82, 2.24) is 0 Å². The van der Waals surface area contributed by atoms with Gasteiger partial charge in [0.2, 0.25) is 0 Å². The number of ether oxygens (including phenoxy) is 3. The van der Waals surface area contributed by atoms with Crippen molar-refractivity contribution in [3.8, 4) is 0 Å². The molecule has 0 aromatic heterocycles. The average Bonchev–Trinajstić information content (AvgIpc) is 3.23. The van der Waals surface area contributed by atoms with Crippen LogP contribution in [0.2, 0.25) is 0 Å². The van der Waals surface area contributed by atoms with Gasteiger partial charge in [-0.25, -0.2) is 4.79 Å². The molecule has 2 unspecified atom stereocenters. The second kappa shape index (κ2) is 45.1. The van der Waals surface area contributed by atoms with Gasteiger partial charge in [0.05, 0.1) is 34.4 Å². The quantitative estimate of drug-likeness (QED) is 0.0281. The Hall–Kier alpha value is -2.45. The maximum Gasteiger partial charge on any atom is 0.362 e. The van der Waals surface area contributed by atoms with Crippen molar-refractivity contribution in [2.45, 2.75) is 251 Å². The zero-order valence-corrected chi connectivity index (χ0v) is 41.3. The first kappa shape index (κ1) is 59.5. The standard InChI is InChI=1S/C54H99NO7/c1-6-8-10-12-14-16-18-20-22-24-26-27-29-31-33-35-37-39-41-43-45-53(57)62-50(48-60-47-46-51(54(58)59)55(3,4)5)49-61-52(56)44-42-40-38-36-34-32-30-28-25-23-21-19-17-15-13-11-9-7-2/h19,21,23,25,28,30,50-51H,6-18,20,22,24,26-27,29,31-49H2,1-5H3/p+1/b21-19+,25-23+,30-28+. The molecule has 0 aliphatic carbocycles. The van der Waals surface area contributed by atoms with E-state index in [0.29, 0.717) is 19.3 Å². The van der Waals surface area contributed by atoms with E-state index in [9.17, 15) is 19.5 Å². The van der Waals surface area contributed by atoms with Crippen molar-refractivity contribution in [3.05, 3.63) is 36.5 Å². The number of allylic oxidation sites excluding steroid dienone is 6. The van der Waals surface area contributed by atoms with E-state index in [1.807, 2.05) is 21.1 Å². The van der Waals surface area contributed by atoms with Gasteiger partial charge in [0.1, 0.15) is 6.61 Å². The number of nitrogens with zero attached hydrogens (tertiary/aromatic N) is 1. The summed E-state index contributed by atoms with van der Waals surface area (Å²) in [6.07, 6.45) is 53.3. The highest BCUT2D eigenvalue weighted by molar-refractivity contribution is 5.72. The van der Waals surface area contributed by atoms with Crippen LogP contribution in [0.3, 0.4) is 0 Å². The van der Waals surface area contributed by atoms with Crippen molar-refractivity contribution < 1.29 is 38.2 Å². The lowest BCUT2D eigenvalue weighted by molar-refractivity contribution is -0.887. The van der Waals surface area contributed by atoms with Gasteiger partial charge in [-0.1, -0.05) is 217 Å². The van der Waals surface area contributed by atoms with Gasteiger partial charge >= 0.3 is 17.9 Å². The molecular formula is C54H100NO7+. The summed E-state index contributed by atoms with van der Waals surface area (Å²) in [6.45, 7) is 4.74. The third-order valence-corrected chi connectivity index (χ3v) is 11.9. The SMILES string of the molecule is CCCCCCC/C=C/C=C/C=C/CCCCCCCC(=O)OCC(COCCC(C(=O)O)[N+](C)(C)C)OC(=O)CCCCCCCCCCCCCCCCCCCCCC. The summed E-state index contributed by atoms with van der Waals surface area (Å²) in [5, 5.41) is 9.65. The minimum Gasteiger partial charge on any atom is -0.477 e. The zero-order chi connectivity index (χ0) is 45.6. The van der Waals surface area contributed by atoms with Gasteiger partial charge in [-0.3, -0.25) is 9.59 Å². The Kier molecular flexibility index (Phi) is 43.3. The van der Waals surface area contributed by atoms with Gasteiger partial charge in [0.25, 0.3) is 0 Å². The lowest BCUT2D eigenvalue weighted by Crippen LogP contribution is -2.50. The first-order chi connectivity index (χ1) is 30.1. The van der Waals surface area contributed by atoms with Crippen molar-refractivity contribution in [1.29, 1.82) is 0 Å². The molecule has 1 N–H and O–H groups in total. The molecule has 0 saturated heterocycles. The van der Waals surface area contributed by atoms with Crippen LogP contribution in [0.25, 0.3) is 0 Å². The molecule has 0 rings (SSSR count). The zero-order valence-electron chi connectivity index (χ0n) is 41.3. The number of esters is 2. The molecular weight excluding hydrogens is 775 g/mol. The van der Waals surface area contributed by atoms with Gasteiger partial charge in [-0.2, -0.15) is 0 Å². The second-order valence-electron chi connectivity index (χ2n) is 18.8. The number of carbonyl (C=O) groups excluding carboxylic acids is 2. The highest BCUT2D eigenvalue weighted by Gasteiger charge is 2.31. The summed E-state index contributed by atoms with van der Waals surface area (Å²) >= 11 is 0. The van der Waals surface area contributed by atoms with E-state index >= 15 is 0 Å². The fourth-order valence-corrected chi connectivity index (χ4v) is 7.80. The molecule has 8 heteroatoms. The third kappa shape index (κ3) is 42.8. The number of hydrogen-bond donors (Lipinski definition) is 1. The summed E-state index contributed by atoms with van der Waals surface area (Å²) in [5.74, 6) is -1.48. The maximum absolute atomic E-state index is 12.8. The minimum absolute atomic E-state index is 0.0574. The van der Waals surface area contributed by atoms with Crippen LogP contribution in [0.1, 0.15) is 239 Å². The smallest absolute Gasteiger partial charge is 0.362 e. The van der Waals surface area contributed by atoms with Gasteiger partial charge < -0.3 is 23.8 Å². The maximum atomic E-state index is 12.8. The van der Waals surface area contributed by atoms with E-state index < -0.39 is 18.1 Å². The fourth-order valence-electron chi connectivity index (χ4n) is 7.80. The van der Waals surface area contributed by atoms with E-state index in [2.05, 4.69) is 50.3 Å². The molecule has 62 heavy (non-hydrogen) atoms. The summed E-state index contributed by atoms with van der Waals surface area (Å²) in [4.78, 5) is 37.2. The predicted octanol–water partition coefficient (Wildman–Crippen LogP) is 15.0. The fraction of sp³-hybridized carbons (Fsp3) is 0.833. The van der Waals surface area contributed by atoms with Gasteiger partial charge in [0.15, 0.2) is 12.1 Å². The topological polar surface area (TPSA) is 99.1 Å². The highest BCUT2D eigenvalue weighted by Crippen LogP contribution is 2.16. The number of carbonyl (C=O) groups is 3. The van der Waals surface area contributed by atoms with E-state index in [0.717, 1.165) is 64.2 Å². The number of quaternary nitrogens is 1. The number of likely N-dealkylation sites (N-methyl/N-ethyl adjacent to an activating group) is 1. The van der Waals surface area contributed by atoms with Crippen molar-refractivity contribution >= 4 is 17.9 Å². The number of rotatable bonds is 47. The minimum atomic E-state index is -0.875. The summed E-state index contributed by atoms with van der Waals surface area (Å²) in [6, 6.07) is -0.617. The number of aliphatic carboxylic acids is 1. The van der Waals surface area contributed by atoms with Crippen LogP contribution in [-0.2, 0) is 28.6 Å². The van der Waals surface area contributed by atoms with Gasteiger partial charge in [-0.15, -0.1) is 0 Å². The van der Waals surface area contributed by atoms with Crippen LogP contribution in [0, 0.1) is 0 Å². The Morgan fingerprint density at radius 2 is 0.855 bits per heavy atom. The lowest BCUT2D eigenvalue weighted by Gasteiger charge is -2.31. The Balaban J connectivity index is 4.26. The monoisotopic (exact) mass is 875 g/mol. The Morgan fingerprint density at radius 3 is 1.24 bits per heavy atom. The number of hydrogen-bond acceptors (Lipinski definition) is 6. The van der Waals surface area contributed by atoms with Gasteiger partial charge in [-0.05, 0) is 38.5 Å². The number of unbranched alkanes of at least 4 members (excludes halogenated alkanes) is 29. The van der Waals surface area contributed by atoms with Crippen LogP contribution in [0.4, 0.5) is 0 Å². The predicted molar refractivity (Wildman–Crippen MR) is 261 cm³/mol. The largest absolute Gasteiger partial charge is 0.477 e. The Bertz CT molecular complexity index is 1110. The number of carboxylic acids is 1. The van der Waals surface area contributed by atoms with E-state index in [4.69, 9.17) is 14.2 Å². The van der Waals surface area contributed by atoms with Gasteiger partial charge in [0, 0.05) is 19.3 Å². The molecule has 0 aliphatic rings. The van der Waals surface area contributed by atoms with Crippen molar-refractivity contribution in [2.75, 3.05) is 41.0 Å². The molecule has 0 heterocycles. The molecule has 0 bridgehead atoms. The summed E-state index contributed by atoms with van der Waals surface area (Å²) in [7, 11) is 5.53. The Labute approximate surface area is 383 Å². The Morgan fingerprint density at radius 1 is 0.484 bits per heavy atom. The van der Waals surface area contributed by atoms with Crippen LogP contribution < -0.4 is 0 Å². The summed E-state index contributed by atoms with van der Waals surface area (Å²) < 4.78 is 17.4. The van der Waals surface area contributed by atoms with E-state index in [1.54, 1.807) is 0 Å². The summed E-state index contributed by atoms with van der Waals surface area (Å²) in [5.41, 5.74) is 0. The first-order valence-electron chi connectivity index (χ1n) is 26.1. The van der Waals surface area contributed by atoms with Crippen LogP contribution in [-0.4, -0.2) is 80.6 Å². The molecule has 0 radical (unpaired) electrons. The normalized spacial score (nSPS) is 13.1. The first-order valence-corrected chi connectivity index (χ1v) is 26.1. The molecule has 362 valence electrons. The molecule has 0 aromatic rings. The van der Waals surface area contributed by atoms with Crippen LogP contribution in [0.5, 0.6) is 0 Å². The van der Waals surface area contributed by atoms with Crippen LogP contribution in [0.15, 0.2) is 36.5 Å². The molecule has 0 saturated carbocycles. The van der Waals surface area contributed by atoms with Crippen molar-refractivity contribution in [2.24, 2.45) is 0 Å². The second-order valence-corrected chi connectivity index (χ2v) is 18.8. The third-order valence-electron chi connectivity index (χ3n) is 11.9. The molecule has 0 fully saturated rings. The molecule has 0 aliphatic heterocycles. The van der Waals surface area contributed by atoms with Crippen molar-refractivity contribution in [3.63, 3.8) is 0 Å². The molecule has 0 aromatic carbocycles.